The van der Waals surface area contributed by atoms with E-state index in [1.165, 1.54) is 11.1 Å². The first-order chi connectivity index (χ1) is 11.0. The number of aryl methyl sites for hydroxylation is 1. The van der Waals surface area contributed by atoms with Crippen molar-refractivity contribution in [2.75, 3.05) is 13.6 Å². The van der Waals surface area contributed by atoms with Crippen LogP contribution in [0.25, 0.3) is 0 Å². The average Bonchev–Trinajstić information content (AvgIpc) is 2.53. The third-order valence-electron chi connectivity index (χ3n) is 3.13. The van der Waals surface area contributed by atoms with Crippen LogP contribution < -0.4 is 10.1 Å². The van der Waals surface area contributed by atoms with E-state index in [0.29, 0.717) is 0 Å². The van der Waals surface area contributed by atoms with Gasteiger partial charge in [0, 0.05) is 6.42 Å². The second kappa shape index (κ2) is 10.9. The molecule has 0 aliphatic carbocycles. The number of benzene rings is 2. The highest BCUT2D eigenvalue weighted by Crippen LogP contribution is 2.24. The van der Waals surface area contributed by atoms with Gasteiger partial charge < -0.3 is 19.2 Å². The molecule has 0 aliphatic rings. The fourth-order valence-electron chi connectivity index (χ4n) is 2.02. The number of ether oxygens (including phenoxy) is 1. The van der Waals surface area contributed by atoms with Gasteiger partial charge in [-0.25, -0.2) is 4.21 Å². The summed E-state index contributed by atoms with van der Waals surface area (Å²) in [4.78, 5) is 0. The molecule has 2 aromatic carbocycles. The molecule has 0 saturated carbocycles. The maximum atomic E-state index is 8.56. The predicted octanol–water partition coefficient (Wildman–Crippen LogP) is 3.06. The monoisotopic (exact) mass is 336 g/mol. The fourth-order valence-corrected chi connectivity index (χ4v) is 2.02. The Morgan fingerprint density at radius 2 is 1.74 bits per heavy atom. The molecule has 5 nitrogen and oxygen atoms in total. The molecule has 6 heteroatoms. The highest BCUT2D eigenvalue weighted by Gasteiger charge is 2.12. The Morgan fingerprint density at radius 1 is 1.17 bits per heavy atom. The summed E-state index contributed by atoms with van der Waals surface area (Å²) in [6, 6.07) is 18.6. The Hall–Kier alpha value is -1.73. The van der Waals surface area contributed by atoms with Crippen LogP contribution >= 0.6 is 0 Å². The second-order valence-electron chi connectivity index (χ2n) is 4.94. The molecule has 0 bridgehead atoms. The molecule has 0 spiro atoms. The van der Waals surface area contributed by atoms with Crippen molar-refractivity contribution in [1.82, 2.24) is 5.32 Å². The summed E-state index contributed by atoms with van der Waals surface area (Å²) in [5, 5.41) is 3.18. The molecular formula is C17H22NO4S-. The lowest BCUT2D eigenvalue weighted by Gasteiger charge is -2.19. The maximum Gasteiger partial charge on any atom is 0.125 e. The number of rotatable bonds is 6. The number of hydrogen-bond acceptors (Lipinski definition) is 4. The predicted molar refractivity (Wildman–Crippen MR) is 91.1 cm³/mol. The van der Waals surface area contributed by atoms with Gasteiger partial charge in [0.2, 0.25) is 0 Å². The fraction of sp³-hybridized carbons (Fsp3) is 0.294. The van der Waals surface area contributed by atoms with E-state index in [1.807, 2.05) is 25.2 Å². The molecule has 2 N–H and O–H groups in total. The molecule has 2 rings (SSSR count). The first kappa shape index (κ1) is 19.3. The van der Waals surface area contributed by atoms with Gasteiger partial charge >= 0.3 is 0 Å². The zero-order valence-corrected chi connectivity index (χ0v) is 14.1. The van der Waals surface area contributed by atoms with E-state index in [2.05, 4.69) is 48.6 Å². The lowest BCUT2D eigenvalue weighted by Crippen LogP contribution is -2.16. The van der Waals surface area contributed by atoms with Crippen LogP contribution in [0.4, 0.5) is 0 Å². The van der Waals surface area contributed by atoms with Crippen molar-refractivity contribution in [3.8, 4) is 5.75 Å². The minimum atomic E-state index is -2.86. The molecule has 0 aliphatic heterocycles. The van der Waals surface area contributed by atoms with Crippen LogP contribution in [-0.2, 0) is 11.4 Å². The molecule has 0 heterocycles. The highest BCUT2D eigenvalue weighted by atomic mass is 32.2. The molecule has 0 aromatic heterocycles. The Bertz CT molecular complexity index is 571. The van der Waals surface area contributed by atoms with E-state index in [0.717, 1.165) is 18.7 Å². The summed E-state index contributed by atoms with van der Waals surface area (Å²) >= 11 is -2.86. The smallest absolute Gasteiger partial charge is 0.125 e. The standard InChI is InChI=1S/C17H21NO.H2O3S/c1-14-8-10-16(11-9-14)19-17(12-13-18-2)15-6-4-3-5-7-15;1-4(2)3/h3-11,17-18H,12-13H2,1-2H3;(H2,1,2,3)/p-1. The first-order valence-corrected chi connectivity index (χ1v) is 8.27. The summed E-state index contributed by atoms with van der Waals surface area (Å²) in [6.07, 6.45) is 1.05. The number of nitrogens with one attached hydrogen (secondary N) is 1. The van der Waals surface area contributed by atoms with Gasteiger partial charge in [-0.1, -0.05) is 48.0 Å². The Balaban J connectivity index is 0.000000593. The van der Waals surface area contributed by atoms with Gasteiger partial charge in [-0.3, -0.25) is 0 Å². The van der Waals surface area contributed by atoms with E-state index in [1.54, 1.807) is 0 Å². The molecule has 0 amide bonds. The summed E-state index contributed by atoms with van der Waals surface area (Å²) in [5.41, 5.74) is 2.47. The van der Waals surface area contributed by atoms with Gasteiger partial charge in [-0.15, -0.1) is 0 Å². The van der Waals surface area contributed by atoms with Crippen LogP contribution in [-0.4, -0.2) is 26.9 Å². The van der Waals surface area contributed by atoms with Crippen LogP contribution in [0.15, 0.2) is 54.6 Å². The molecule has 0 radical (unpaired) electrons. The quantitative estimate of drug-likeness (QED) is 0.792. The third-order valence-corrected chi connectivity index (χ3v) is 3.13. The summed E-state index contributed by atoms with van der Waals surface area (Å²) in [5.74, 6) is 0.926. The van der Waals surface area contributed by atoms with Crippen LogP contribution in [0, 0.1) is 6.92 Å². The van der Waals surface area contributed by atoms with Crippen molar-refractivity contribution in [2.45, 2.75) is 19.4 Å². The molecule has 0 fully saturated rings. The topological polar surface area (TPSA) is 81.6 Å². The highest BCUT2D eigenvalue weighted by molar-refractivity contribution is 7.73. The summed E-state index contributed by atoms with van der Waals surface area (Å²) < 4.78 is 30.2. The SMILES string of the molecule is CNCCC(Oc1ccc(C)cc1)c1ccccc1.O=S([O-])O. The van der Waals surface area contributed by atoms with E-state index < -0.39 is 11.4 Å². The number of hydrogen-bond donors (Lipinski definition) is 2. The zero-order valence-electron chi connectivity index (χ0n) is 13.3. The zero-order chi connectivity index (χ0) is 17.1. The maximum absolute atomic E-state index is 8.56. The molecular weight excluding hydrogens is 314 g/mol. The van der Waals surface area contributed by atoms with Gasteiger partial charge in [0.15, 0.2) is 0 Å². The Kier molecular flexibility index (Phi) is 9.16. The van der Waals surface area contributed by atoms with Crippen LogP contribution in [0.3, 0.4) is 0 Å². The normalized spacial score (nSPS) is 12.7. The van der Waals surface area contributed by atoms with Gasteiger partial charge in [0.25, 0.3) is 0 Å². The minimum absolute atomic E-state index is 0.0938. The van der Waals surface area contributed by atoms with Crippen LogP contribution in [0.5, 0.6) is 5.75 Å². The summed E-state index contributed by atoms with van der Waals surface area (Å²) in [6.45, 7) is 3.02. The van der Waals surface area contributed by atoms with E-state index in [-0.39, 0.29) is 6.10 Å². The molecule has 126 valence electrons. The van der Waals surface area contributed by atoms with Crippen molar-refractivity contribution < 1.29 is 18.1 Å². The van der Waals surface area contributed by atoms with E-state index >= 15 is 0 Å². The molecule has 2 aromatic rings. The lowest BCUT2D eigenvalue weighted by atomic mass is 10.1. The van der Waals surface area contributed by atoms with Crippen molar-refractivity contribution >= 4 is 11.4 Å². The molecule has 0 saturated heterocycles. The third kappa shape index (κ3) is 8.47. The first-order valence-electron chi connectivity index (χ1n) is 7.24. The Labute approximate surface area is 139 Å². The van der Waals surface area contributed by atoms with Crippen molar-refractivity contribution in [3.05, 3.63) is 65.7 Å². The largest absolute Gasteiger partial charge is 0.750 e. The van der Waals surface area contributed by atoms with Crippen LogP contribution in [0.2, 0.25) is 0 Å². The van der Waals surface area contributed by atoms with E-state index in [9.17, 15) is 0 Å². The van der Waals surface area contributed by atoms with E-state index in [4.69, 9.17) is 18.1 Å². The van der Waals surface area contributed by atoms with Crippen molar-refractivity contribution in [2.24, 2.45) is 0 Å². The van der Waals surface area contributed by atoms with Gasteiger partial charge in [0.1, 0.15) is 11.9 Å². The minimum Gasteiger partial charge on any atom is -0.750 e. The Morgan fingerprint density at radius 3 is 2.26 bits per heavy atom. The molecule has 23 heavy (non-hydrogen) atoms. The van der Waals surface area contributed by atoms with Crippen molar-refractivity contribution in [1.29, 1.82) is 0 Å². The summed E-state index contributed by atoms with van der Waals surface area (Å²) in [7, 11) is 1.97. The second-order valence-corrected chi connectivity index (χ2v) is 5.37. The van der Waals surface area contributed by atoms with Crippen LogP contribution in [0.1, 0.15) is 23.7 Å². The van der Waals surface area contributed by atoms with Gasteiger partial charge in [0.05, 0.1) is 11.4 Å². The lowest BCUT2D eigenvalue weighted by molar-refractivity contribution is 0.195. The molecule has 2 atom stereocenters. The molecule has 2 unspecified atom stereocenters. The van der Waals surface area contributed by atoms with Crippen molar-refractivity contribution in [3.63, 3.8) is 0 Å². The average molecular weight is 336 g/mol. The van der Waals surface area contributed by atoms with Gasteiger partial charge in [-0.2, -0.15) is 0 Å². The van der Waals surface area contributed by atoms with Gasteiger partial charge in [-0.05, 0) is 38.2 Å².